The second kappa shape index (κ2) is 5.95. The van der Waals surface area contributed by atoms with Crippen LogP contribution in [0, 0.1) is 0 Å². The Kier molecular flexibility index (Phi) is 4.30. The van der Waals surface area contributed by atoms with Gasteiger partial charge in [0, 0.05) is 18.6 Å². The minimum Gasteiger partial charge on any atom is -0.387 e. The van der Waals surface area contributed by atoms with Crippen molar-refractivity contribution in [1.82, 2.24) is 20.1 Å². The largest absolute Gasteiger partial charge is 0.387 e. The first kappa shape index (κ1) is 13.0. The Morgan fingerprint density at radius 1 is 1.39 bits per heavy atom. The van der Waals surface area contributed by atoms with Gasteiger partial charge in [-0.3, -0.25) is 0 Å². The maximum absolute atomic E-state index is 9.96. The van der Waals surface area contributed by atoms with Crippen molar-refractivity contribution in [2.75, 3.05) is 6.54 Å². The lowest BCUT2D eigenvalue weighted by atomic mass is 10.1. The lowest BCUT2D eigenvalue weighted by Crippen LogP contribution is -2.22. The summed E-state index contributed by atoms with van der Waals surface area (Å²) < 4.78 is 1.83. The van der Waals surface area contributed by atoms with Crippen LogP contribution in [0.5, 0.6) is 0 Å². The van der Waals surface area contributed by atoms with E-state index < -0.39 is 6.10 Å². The molecule has 0 radical (unpaired) electrons. The summed E-state index contributed by atoms with van der Waals surface area (Å²) in [4.78, 5) is 0. The number of rotatable bonds is 5. The predicted octanol–water partition coefficient (Wildman–Crippen LogP) is 1.29. The molecule has 2 aromatic rings. The summed E-state index contributed by atoms with van der Waals surface area (Å²) in [5, 5.41) is 21.5. The Morgan fingerprint density at radius 2 is 2.11 bits per heavy atom. The first-order valence-corrected chi connectivity index (χ1v) is 6.01. The topological polar surface area (TPSA) is 63.0 Å². The molecule has 0 aliphatic rings. The molecule has 0 spiro atoms. The average molecular weight is 267 g/mol. The molecule has 0 fully saturated rings. The summed E-state index contributed by atoms with van der Waals surface area (Å²) >= 11 is 5.79. The zero-order valence-corrected chi connectivity index (χ0v) is 10.8. The van der Waals surface area contributed by atoms with E-state index in [1.807, 2.05) is 23.7 Å². The molecule has 1 heterocycles. The van der Waals surface area contributed by atoms with Crippen LogP contribution in [0.15, 0.2) is 30.6 Å². The van der Waals surface area contributed by atoms with E-state index in [1.54, 1.807) is 18.5 Å². The first-order chi connectivity index (χ1) is 8.66. The average Bonchev–Trinajstić information content (AvgIpc) is 2.76. The highest BCUT2D eigenvalue weighted by molar-refractivity contribution is 6.30. The number of hydrogen-bond donors (Lipinski definition) is 2. The predicted molar refractivity (Wildman–Crippen MR) is 69.1 cm³/mol. The van der Waals surface area contributed by atoms with Gasteiger partial charge in [-0.15, -0.1) is 10.2 Å². The Labute approximate surface area is 110 Å². The molecule has 5 nitrogen and oxygen atoms in total. The van der Waals surface area contributed by atoms with Crippen LogP contribution >= 0.6 is 11.6 Å². The van der Waals surface area contributed by atoms with Gasteiger partial charge in [-0.2, -0.15) is 0 Å². The molecule has 0 aliphatic carbocycles. The Morgan fingerprint density at radius 3 is 2.72 bits per heavy atom. The van der Waals surface area contributed by atoms with Gasteiger partial charge in [-0.05, 0) is 17.7 Å². The molecule has 2 N–H and O–H groups in total. The molecule has 0 saturated heterocycles. The summed E-state index contributed by atoms with van der Waals surface area (Å²) in [6.07, 6.45) is 1.09. The molecule has 1 atom stereocenters. The maximum atomic E-state index is 9.96. The number of benzene rings is 1. The van der Waals surface area contributed by atoms with Gasteiger partial charge in [0.2, 0.25) is 0 Å². The van der Waals surface area contributed by atoms with Crippen molar-refractivity contribution in [3.63, 3.8) is 0 Å². The van der Waals surface area contributed by atoms with Crippen LogP contribution in [0.4, 0.5) is 0 Å². The van der Waals surface area contributed by atoms with Gasteiger partial charge in [0.25, 0.3) is 0 Å². The summed E-state index contributed by atoms with van der Waals surface area (Å²) in [7, 11) is 1.88. The first-order valence-electron chi connectivity index (χ1n) is 5.64. The molecule has 6 heteroatoms. The van der Waals surface area contributed by atoms with E-state index in [0.717, 1.165) is 11.4 Å². The van der Waals surface area contributed by atoms with Crippen LogP contribution in [0.1, 0.15) is 17.5 Å². The Hall–Kier alpha value is -1.43. The molecule has 0 bridgehead atoms. The highest BCUT2D eigenvalue weighted by Crippen LogP contribution is 2.15. The Balaban J connectivity index is 1.83. The SMILES string of the molecule is Cn1cnnc1CNCC(O)c1ccc(Cl)cc1. The number of aliphatic hydroxyl groups excluding tert-OH is 1. The molecule has 96 valence electrons. The highest BCUT2D eigenvalue weighted by Gasteiger charge is 2.07. The molecular weight excluding hydrogens is 252 g/mol. The molecule has 0 aliphatic heterocycles. The minimum atomic E-state index is -0.560. The van der Waals surface area contributed by atoms with Crippen molar-refractivity contribution in [3.05, 3.63) is 47.0 Å². The lowest BCUT2D eigenvalue weighted by Gasteiger charge is -2.12. The number of nitrogens with zero attached hydrogens (tertiary/aromatic N) is 3. The third kappa shape index (κ3) is 3.29. The van der Waals surface area contributed by atoms with Gasteiger partial charge in [0.1, 0.15) is 12.2 Å². The van der Waals surface area contributed by atoms with Crippen LogP contribution in [0.2, 0.25) is 5.02 Å². The van der Waals surface area contributed by atoms with E-state index in [2.05, 4.69) is 15.5 Å². The minimum absolute atomic E-state index is 0.453. The van der Waals surface area contributed by atoms with E-state index in [1.165, 1.54) is 0 Å². The van der Waals surface area contributed by atoms with Crippen LogP contribution < -0.4 is 5.32 Å². The lowest BCUT2D eigenvalue weighted by molar-refractivity contribution is 0.174. The molecule has 1 unspecified atom stereocenters. The fourth-order valence-corrected chi connectivity index (χ4v) is 1.72. The Bertz CT molecular complexity index is 497. The number of aryl methyl sites for hydroxylation is 1. The summed E-state index contributed by atoms with van der Waals surface area (Å²) in [6.45, 7) is 1.02. The molecular formula is C12H15ClN4O. The van der Waals surface area contributed by atoms with Gasteiger partial charge in [0.15, 0.2) is 0 Å². The maximum Gasteiger partial charge on any atom is 0.146 e. The van der Waals surface area contributed by atoms with Gasteiger partial charge in [-0.1, -0.05) is 23.7 Å². The van der Waals surface area contributed by atoms with Crippen molar-refractivity contribution >= 4 is 11.6 Å². The number of hydrogen-bond acceptors (Lipinski definition) is 4. The summed E-state index contributed by atoms with van der Waals surface area (Å²) in [6, 6.07) is 7.17. The highest BCUT2D eigenvalue weighted by atomic mass is 35.5. The summed E-state index contributed by atoms with van der Waals surface area (Å²) in [5.41, 5.74) is 0.838. The van der Waals surface area contributed by atoms with Crippen molar-refractivity contribution in [3.8, 4) is 0 Å². The third-order valence-corrected chi connectivity index (χ3v) is 2.93. The van der Waals surface area contributed by atoms with E-state index in [4.69, 9.17) is 11.6 Å². The van der Waals surface area contributed by atoms with Crippen molar-refractivity contribution in [2.45, 2.75) is 12.6 Å². The van der Waals surface area contributed by atoms with Crippen molar-refractivity contribution < 1.29 is 5.11 Å². The molecule has 0 amide bonds. The fourth-order valence-electron chi connectivity index (χ4n) is 1.59. The van der Waals surface area contributed by atoms with Gasteiger partial charge >= 0.3 is 0 Å². The van der Waals surface area contributed by atoms with Crippen molar-refractivity contribution in [1.29, 1.82) is 0 Å². The van der Waals surface area contributed by atoms with Crippen LogP contribution in [0.25, 0.3) is 0 Å². The second-order valence-electron chi connectivity index (χ2n) is 4.06. The zero-order valence-electron chi connectivity index (χ0n) is 10.0. The molecule has 1 aromatic carbocycles. The summed E-state index contributed by atoms with van der Waals surface area (Å²) in [5.74, 6) is 0.832. The normalized spacial score (nSPS) is 12.6. The number of nitrogens with one attached hydrogen (secondary N) is 1. The van der Waals surface area contributed by atoms with Crippen LogP contribution in [-0.2, 0) is 13.6 Å². The number of aromatic nitrogens is 3. The number of halogens is 1. The van der Waals surface area contributed by atoms with E-state index in [9.17, 15) is 5.11 Å². The van der Waals surface area contributed by atoms with E-state index in [0.29, 0.717) is 18.1 Å². The van der Waals surface area contributed by atoms with Crippen LogP contribution in [-0.4, -0.2) is 26.4 Å². The standard InChI is InChI=1S/C12H15ClN4O/c1-17-8-15-16-12(17)7-14-6-11(18)9-2-4-10(13)5-3-9/h2-5,8,11,14,18H,6-7H2,1H3. The van der Waals surface area contributed by atoms with Crippen LogP contribution in [0.3, 0.4) is 0 Å². The number of aliphatic hydroxyl groups is 1. The van der Waals surface area contributed by atoms with Gasteiger partial charge in [0.05, 0.1) is 12.6 Å². The molecule has 18 heavy (non-hydrogen) atoms. The van der Waals surface area contributed by atoms with Crippen molar-refractivity contribution in [2.24, 2.45) is 7.05 Å². The van der Waals surface area contributed by atoms with E-state index in [-0.39, 0.29) is 0 Å². The van der Waals surface area contributed by atoms with Gasteiger partial charge in [-0.25, -0.2) is 0 Å². The monoisotopic (exact) mass is 266 g/mol. The zero-order chi connectivity index (χ0) is 13.0. The molecule has 2 rings (SSSR count). The molecule has 0 saturated carbocycles. The second-order valence-corrected chi connectivity index (χ2v) is 4.49. The van der Waals surface area contributed by atoms with Gasteiger partial charge < -0.3 is 15.0 Å². The molecule has 1 aromatic heterocycles. The van der Waals surface area contributed by atoms with E-state index >= 15 is 0 Å². The smallest absolute Gasteiger partial charge is 0.146 e. The quantitative estimate of drug-likeness (QED) is 0.856. The fraction of sp³-hybridized carbons (Fsp3) is 0.333. The third-order valence-electron chi connectivity index (χ3n) is 2.68.